The van der Waals surface area contributed by atoms with Crippen molar-refractivity contribution < 1.29 is 9.21 Å². The minimum absolute atomic E-state index is 0.0821. The van der Waals surface area contributed by atoms with E-state index in [2.05, 4.69) is 38.9 Å². The van der Waals surface area contributed by atoms with Gasteiger partial charge in [0.1, 0.15) is 11.0 Å². The molecule has 10 heteroatoms. The third-order valence-corrected chi connectivity index (χ3v) is 5.77. The summed E-state index contributed by atoms with van der Waals surface area (Å²) in [6.45, 7) is 4.61. The molecule has 10 nitrogen and oxygen atoms in total. The number of H-pyrrole nitrogens is 1. The number of nitrogens with two attached hydrogens (primary N) is 1. The second-order valence-corrected chi connectivity index (χ2v) is 7.74. The summed E-state index contributed by atoms with van der Waals surface area (Å²) < 4.78 is 7.40. The number of hydrogen-bond acceptors (Lipinski definition) is 7. The highest BCUT2D eigenvalue weighted by Crippen LogP contribution is 2.30. The Morgan fingerprint density at radius 1 is 1.42 bits per heavy atom. The third kappa shape index (κ3) is 3.49. The third-order valence-electron chi connectivity index (χ3n) is 5.77. The largest absolute Gasteiger partial charge is 0.424 e. The van der Waals surface area contributed by atoms with Gasteiger partial charge in [0.25, 0.3) is 11.6 Å². The van der Waals surface area contributed by atoms with Crippen LogP contribution in [0.15, 0.2) is 46.3 Å². The van der Waals surface area contributed by atoms with Gasteiger partial charge in [-0.3, -0.25) is 9.59 Å². The van der Waals surface area contributed by atoms with E-state index in [0.29, 0.717) is 53.1 Å². The van der Waals surface area contributed by atoms with Crippen molar-refractivity contribution in [1.29, 1.82) is 0 Å². The minimum Gasteiger partial charge on any atom is -0.424 e. The smallest absolute Gasteiger partial charge is 0.295 e. The maximum Gasteiger partial charge on any atom is 0.295 e. The van der Waals surface area contributed by atoms with Crippen LogP contribution < -0.4 is 16.6 Å². The summed E-state index contributed by atoms with van der Waals surface area (Å²) in [5, 5.41) is 9.74. The van der Waals surface area contributed by atoms with Crippen molar-refractivity contribution in [3.05, 3.63) is 58.5 Å². The lowest BCUT2D eigenvalue weighted by Crippen LogP contribution is -2.27. The molecule has 4 aromatic rings. The summed E-state index contributed by atoms with van der Waals surface area (Å²) in [4.78, 5) is 30.7. The van der Waals surface area contributed by atoms with Crippen molar-refractivity contribution in [3.63, 3.8) is 0 Å². The van der Waals surface area contributed by atoms with Crippen molar-refractivity contribution in [2.24, 2.45) is 0 Å². The molecule has 166 valence electrons. The van der Waals surface area contributed by atoms with E-state index in [1.807, 2.05) is 22.9 Å². The van der Waals surface area contributed by atoms with Crippen LogP contribution in [0.5, 0.6) is 0 Å². The number of likely N-dealkylation sites (tertiary alicyclic amines) is 1. The molecule has 5 rings (SSSR count). The van der Waals surface area contributed by atoms with Crippen LogP contribution in [-0.2, 0) is 4.79 Å². The van der Waals surface area contributed by atoms with E-state index in [1.165, 1.54) is 6.08 Å². The van der Waals surface area contributed by atoms with Gasteiger partial charge < -0.3 is 24.9 Å². The number of oxazole rings is 1. The van der Waals surface area contributed by atoms with E-state index in [4.69, 9.17) is 10.2 Å². The monoisotopic (exact) mass is 443 g/mol. The molecule has 3 aromatic heterocycles. The molecule has 0 saturated carbocycles. The first-order valence-corrected chi connectivity index (χ1v) is 10.4. The van der Waals surface area contributed by atoms with Crippen LogP contribution in [0.2, 0.25) is 0 Å². The zero-order valence-corrected chi connectivity index (χ0v) is 17.9. The van der Waals surface area contributed by atoms with E-state index in [0.717, 1.165) is 5.56 Å². The Morgan fingerprint density at radius 3 is 3.06 bits per heavy atom. The van der Waals surface area contributed by atoms with Gasteiger partial charge in [0.05, 0.1) is 17.0 Å². The zero-order chi connectivity index (χ0) is 23.1. The van der Waals surface area contributed by atoms with Crippen LogP contribution in [0, 0.1) is 11.8 Å². The van der Waals surface area contributed by atoms with Crippen molar-refractivity contribution in [2.45, 2.75) is 12.5 Å². The highest BCUT2D eigenvalue weighted by atomic mass is 16.4. The van der Waals surface area contributed by atoms with Gasteiger partial charge in [0.2, 0.25) is 5.91 Å². The Balaban J connectivity index is 1.57. The SMILES string of the molecule is C=CC(=O)N1CC[C@H](n2cc(C#Cc3ccc4oc(NC)nc4c3)c3c(N)n[nH]c(=O)c32)C1. The molecule has 33 heavy (non-hydrogen) atoms. The lowest BCUT2D eigenvalue weighted by Gasteiger charge is -2.16. The van der Waals surface area contributed by atoms with Gasteiger partial charge in [-0.1, -0.05) is 18.4 Å². The molecule has 1 aromatic carbocycles. The first-order valence-electron chi connectivity index (χ1n) is 10.4. The molecular weight excluding hydrogens is 422 g/mol. The van der Waals surface area contributed by atoms with Crippen LogP contribution in [0.1, 0.15) is 23.6 Å². The Hall–Kier alpha value is -4.52. The maximum absolute atomic E-state index is 12.7. The van der Waals surface area contributed by atoms with E-state index >= 15 is 0 Å². The molecule has 1 aliphatic heterocycles. The number of hydrogen-bond donors (Lipinski definition) is 3. The number of amides is 1. The molecule has 1 aliphatic rings. The number of nitrogens with zero attached hydrogens (tertiary/aromatic N) is 4. The number of nitrogen functional groups attached to an aromatic ring is 1. The highest BCUT2D eigenvalue weighted by Gasteiger charge is 2.29. The fraction of sp³-hybridized carbons (Fsp3) is 0.217. The van der Waals surface area contributed by atoms with Gasteiger partial charge in [0, 0.05) is 31.9 Å². The lowest BCUT2D eigenvalue weighted by molar-refractivity contribution is -0.125. The second kappa shape index (κ2) is 7.87. The van der Waals surface area contributed by atoms with Gasteiger partial charge in [0.15, 0.2) is 11.4 Å². The molecule has 0 unspecified atom stereocenters. The molecule has 1 atom stereocenters. The summed E-state index contributed by atoms with van der Waals surface area (Å²) in [7, 11) is 1.73. The molecule has 4 heterocycles. The summed E-state index contributed by atoms with van der Waals surface area (Å²) >= 11 is 0. The van der Waals surface area contributed by atoms with Crippen LogP contribution in [0.25, 0.3) is 22.0 Å². The molecule has 0 aliphatic carbocycles. The van der Waals surface area contributed by atoms with Gasteiger partial charge in [-0.2, -0.15) is 10.1 Å². The summed E-state index contributed by atoms with van der Waals surface area (Å²) in [6, 6.07) is 5.82. The van der Waals surface area contributed by atoms with Crippen molar-refractivity contribution in [3.8, 4) is 11.8 Å². The number of aromatic amines is 1. The fourth-order valence-electron chi connectivity index (χ4n) is 4.17. The molecule has 0 bridgehead atoms. The Bertz CT molecular complexity index is 1530. The van der Waals surface area contributed by atoms with Crippen molar-refractivity contribution in [2.75, 3.05) is 31.2 Å². The molecule has 1 fully saturated rings. The Morgan fingerprint density at radius 2 is 2.27 bits per heavy atom. The minimum atomic E-state index is -0.357. The average molecular weight is 443 g/mol. The second-order valence-electron chi connectivity index (χ2n) is 7.74. The Labute approximate surface area is 188 Å². The van der Waals surface area contributed by atoms with Gasteiger partial charge in [-0.05, 0) is 30.7 Å². The number of benzene rings is 1. The molecule has 0 radical (unpaired) electrons. The van der Waals surface area contributed by atoms with Crippen molar-refractivity contribution >= 4 is 39.7 Å². The Kier molecular flexibility index (Phi) is 4.86. The van der Waals surface area contributed by atoms with Gasteiger partial charge in [-0.25, -0.2) is 5.10 Å². The van der Waals surface area contributed by atoms with Gasteiger partial charge in [-0.15, -0.1) is 0 Å². The fourth-order valence-corrected chi connectivity index (χ4v) is 4.17. The number of carbonyl (C=O) groups is 1. The number of carbonyl (C=O) groups excluding carboxylic acids is 1. The van der Waals surface area contributed by atoms with Crippen LogP contribution in [0.4, 0.5) is 11.8 Å². The zero-order valence-electron chi connectivity index (χ0n) is 17.9. The van der Waals surface area contributed by atoms with E-state index in [1.54, 1.807) is 18.0 Å². The average Bonchev–Trinajstić information content (AvgIpc) is 3.55. The van der Waals surface area contributed by atoms with E-state index in [9.17, 15) is 9.59 Å². The molecule has 1 amide bonds. The normalized spacial score (nSPS) is 15.5. The molecule has 4 N–H and O–H groups in total. The standard InChI is InChI=1S/C23H21N7O3/c1-3-18(31)29-9-8-15(12-29)30-11-14(19-20(30)22(32)28-27-21(19)24)6-4-13-5-7-17-16(10-13)26-23(25-2)33-17/h3,5,7,10-11,15H,1,8-9,12H2,2H3,(H2,24,27)(H,25,26)(H,28,32)/t15-/m0/s1. The quantitative estimate of drug-likeness (QED) is 0.325. The number of anilines is 2. The predicted molar refractivity (Wildman–Crippen MR) is 125 cm³/mol. The lowest BCUT2D eigenvalue weighted by atomic mass is 10.1. The number of rotatable bonds is 3. The molecule has 0 spiro atoms. The number of nitrogens with one attached hydrogen (secondary N) is 2. The van der Waals surface area contributed by atoms with E-state index in [-0.39, 0.29) is 23.3 Å². The first kappa shape index (κ1) is 20.4. The van der Waals surface area contributed by atoms with Gasteiger partial charge >= 0.3 is 0 Å². The van der Waals surface area contributed by atoms with E-state index < -0.39 is 0 Å². The topological polar surface area (TPSA) is 135 Å². The molecule has 1 saturated heterocycles. The van der Waals surface area contributed by atoms with Crippen molar-refractivity contribution in [1.82, 2.24) is 24.6 Å². The predicted octanol–water partition coefficient (Wildman–Crippen LogP) is 1.85. The summed E-state index contributed by atoms with van der Waals surface area (Å²) in [5.41, 5.74) is 8.83. The number of fused-ring (bicyclic) bond motifs is 2. The van der Waals surface area contributed by atoms with Crippen LogP contribution >= 0.6 is 0 Å². The van der Waals surface area contributed by atoms with Crippen LogP contribution in [-0.4, -0.2) is 50.7 Å². The first-order chi connectivity index (χ1) is 16.0. The number of aromatic nitrogens is 4. The highest BCUT2D eigenvalue weighted by molar-refractivity contribution is 5.94. The molecular formula is C23H21N7O3. The maximum atomic E-state index is 12.7. The summed E-state index contributed by atoms with van der Waals surface area (Å²) in [5.74, 6) is 6.31. The summed E-state index contributed by atoms with van der Waals surface area (Å²) in [6.07, 6.45) is 3.81. The van der Waals surface area contributed by atoms with Crippen LogP contribution in [0.3, 0.4) is 0 Å².